The van der Waals surface area contributed by atoms with Gasteiger partial charge >= 0.3 is 12.3 Å². The highest BCUT2D eigenvalue weighted by Gasteiger charge is 2.43. The Kier molecular flexibility index (Phi) is 6.30. The van der Waals surface area contributed by atoms with Gasteiger partial charge < -0.3 is 9.47 Å². The molecule has 0 saturated heterocycles. The van der Waals surface area contributed by atoms with Crippen LogP contribution in [0.25, 0.3) is 0 Å². The van der Waals surface area contributed by atoms with E-state index in [1.54, 1.807) is 0 Å². The molecule has 2 rings (SSSR count). The fraction of sp³-hybridized carbons (Fsp3) is 0.667. The maximum Gasteiger partial charge on any atom is 0.414 e. The fourth-order valence-corrected chi connectivity index (χ4v) is 3.08. The minimum Gasteiger partial charge on any atom is -0.432 e. The fourth-order valence-electron chi connectivity index (χ4n) is 3.08. The van der Waals surface area contributed by atoms with Crippen molar-refractivity contribution >= 4 is 0 Å². The molecule has 0 aliphatic heterocycles. The summed E-state index contributed by atoms with van der Waals surface area (Å²) >= 11 is 0. The van der Waals surface area contributed by atoms with Gasteiger partial charge in [-0.05, 0) is 36.5 Å². The summed E-state index contributed by atoms with van der Waals surface area (Å²) in [5.74, 6) is -0.423. The summed E-state index contributed by atoms with van der Waals surface area (Å²) in [5.41, 5.74) is 0.339. The number of hydrogen-bond donors (Lipinski definition) is 0. The normalized spacial score (nSPS) is 23.3. The lowest BCUT2D eigenvalue weighted by Gasteiger charge is -2.32. The van der Waals surface area contributed by atoms with Crippen molar-refractivity contribution in [3.05, 3.63) is 29.8 Å². The average Bonchev–Trinajstić information content (AvgIpc) is 2.53. The van der Waals surface area contributed by atoms with Crippen LogP contribution in [-0.2, 0) is 11.2 Å². The van der Waals surface area contributed by atoms with Crippen molar-refractivity contribution < 1.29 is 31.4 Å². The van der Waals surface area contributed by atoms with Crippen LogP contribution in [0.1, 0.15) is 38.2 Å². The third kappa shape index (κ3) is 5.56. The van der Waals surface area contributed by atoms with Gasteiger partial charge in [0.2, 0.25) is 0 Å². The molecule has 0 radical (unpaired) electrons. The standard InChI is InChI=1S/C18H23F5O2/c1-12-3-7-14(8-4-12)18(22,23)25-15-9-5-13(6-10-15)11-16(24-2)17(19,20)21/h5-6,9-10,12,14,16H,3-4,7-8,11H2,1-2H3. The second kappa shape index (κ2) is 7.89. The van der Waals surface area contributed by atoms with Crippen molar-refractivity contribution in [2.75, 3.05) is 7.11 Å². The first-order chi connectivity index (χ1) is 11.6. The molecule has 1 aromatic rings. The van der Waals surface area contributed by atoms with Crippen molar-refractivity contribution in [1.82, 2.24) is 0 Å². The number of hydrogen-bond acceptors (Lipinski definition) is 2. The van der Waals surface area contributed by atoms with Crippen molar-refractivity contribution in [3.63, 3.8) is 0 Å². The molecule has 7 heteroatoms. The molecule has 0 heterocycles. The Balaban J connectivity index is 1.97. The van der Waals surface area contributed by atoms with Crippen LogP contribution in [0.15, 0.2) is 24.3 Å². The van der Waals surface area contributed by atoms with Gasteiger partial charge in [0.25, 0.3) is 0 Å². The maximum absolute atomic E-state index is 14.3. The number of rotatable bonds is 6. The molecule has 1 unspecified atom stereocenters. The molecule has 1 saturated carbocycles. The lowest BCUT2D eigenvalue weighted by molar-refractivity contribution is -0.223. The highest BCUT2D eigenvalue weighted by atomic mass is 19.4. The molecular weight excluding hydrogens is 343 g/mol. The Morgan fingerprint density at radius 1 is 1.00 bits per heavy atom. The van der Waals surface area contributed by atoms with Gasteiger partial charge in [0.05, 0.1) is 5.92 Å². The first-order valence-electron chi connectivity index (χ1n) is 8.37. The lowest BCUT2D eigenvalue weighted by Crippen LogP contribution is -2.37. The molecule has 2 nitrogen and oxygen atoms in total. The topological polar surface area (TPSA) is 18.5 Å². The number of benzene rings is 1. The van der Waals surface area contributed by atoms with Crippen LogP contribution >= 0.6 is 0 Å². The Labute approximate surface area is 144 Å². The quantitative estimate of drug-likeness (QED) is 0.610. The van der Waals surface area contributed by atoms with Crippen LogP contribution in [0.5, 0.6) is 5.75 Å². The van der Waals surface area contributed by atoms with Crippen LogP contribution in [-0.4, -0.2) is 25.5 Å². The summed E-state index contributed by atoms with van der Waals surface area (Å²) in [6.07, 6.45) is -7.74. The van der Waals surface area contributed by atoms with Gasteiger partial charge in [-0.1, -0.05) is 31.9 Å². The van der Waals surface area contributed by atoms with Gasteiger partial charge in [0.1, 0.15) is 5.75 Å². The van der Waals surface area contributed by atoms with E-state index in [0.29, 0.717) is 24.3 Å². The Bertz CT molecular complexity index is 533. The van der Waals surface area contributed by atoms with E-state index < -0.39 is 24.3 Å². The summed E-state index contributed by atoms with van der Waals surface area (Å²) in [7, 11) is 0.987. The first kappa shape index (κ1) is 19.9. The molecule has 142 valence electrons. The van der Waals surface area contributed by atoms with Gasteiger partial charge in [-0.25, -0.2) is 0 Å². The molecule has 0 spiro atoms. The molecule has 1 atom stereocenters. The molecule has 1 fully saturated rings. The molecule has 1 aliphatic carbocycles. The summed E-state index contributed by atoms with van der Waals surface area (Å²) in [6.45, 7) is 2.04. The second-order valence-corrected chi connectivity index (χ2v) is 6.73. The summed E-state index contributed by atoms with van der Waals surface area (Å²) in [6, 6.07) is 5.26. The minimum absolute atomic E-state index is 0.0478. The SMILES string of the molecule is COC(Cc1ccc(OC(F)(F)C2CCC(C)CC2)cc1)C(F)(F)F. The van der Waals surface area contributed by atoms with Gasteiger partial charge in [0.15, 0.2) is 6.10 Å². The van der Waals surface area contributed by atoms with E-state index in [1.165, 1.54) is 24.3 Å². The molecule has 1 aliphatic rings. The Morgan fingerprint density at radius 2 is 1.56 bits per heavy atom. The van der Waals surface area contributed by atoms with Crippen molar-refractivity contribution in [3.8, 4) is 5.75 Å². The predicted octanol–water partition coefficient (Wildman–Crippen LogP) is 5.60. The second-order valence-electron chi connectivity index (χ2n) is 6.73. The van der Waals surface area contributed by atoms with Gasteiger partial charge in [-0.15, -0.1) is 0 Å². The van der Waals surface area contributed by atoms with E-state index in [1.807, 2.05) is 6.92 Å². The van der Waals surface area contributed by atoms with E-state index in [0.717, 1.165) is 20.0 Å². The Hall–Kier alpha value is -1.37. The maximum atomic E-state index is 14.3. The van der Waals surface area contributed by atoms with Crippen LogP contribution in [0.2, 0.25) is 0 Å². The average molecular weight is 366 g/mol. The van der Waals surface area contributed by atoms with E-state index in [2.05, 4.69) is 4.74 Å². The molecule has 25 heavy (non-hydrogen) atoms. The van der Waals surface area contributed by atoms with Crippen LogP contribution in [0, 0.1) is 11.8 Å². The van der Waals surface area contributed by atoms with E-state index in [-0.39, 0.29) is 12.2 Å². The zero-order valence-electron chi connectivity index (χ0n) is 14.3. The zero-order chi connectivity index (χ0) is 18.7. The number of ether oxygens (including phenoxy) is 2. The lowest BCUT2D eigenvalue weighted by atomic mass is 9.82. The first-order valence-corrected chi connectivity index (χ1v) is 8.37. The molecule has 0 aromatic heterocycles. The third-order valence-corrected chi connectivity index (χ3v) is 4.74. The number of methoxy groups -OCH3 is 1. The van der Waals surface area contributed by atoms with Crippen molar-refractivity contribution in [2.45, 2.75) is 57.4 Å². The molecular formula is C18H23F5O2. The van der Waals surface area contributed by atoms with Gasteiger partial charge in [-0.2, -0.15) is 22.0 Å². The van der Waals surface area contributed by atoms with Crippen molar-refractivity contribution in [1.29, 1.82) is 0 Å². The van der Waals surface area contributed by atoms with Crippen molar-refractivity contribution in [2.24, 2.45) is 11.8 Å². The van der Waals surface area contributed by atoms with Crippen LogP contribution in [0.4, 0.5) is 22.0 Å². The number of halogens is 5. The highest BCUT2D eigenvalue weighted by Crippen LogP contribution is 2.40. The molecule has 0 bridgehead atoms. The highest BCUT2D eigenvalue weighted by molar-refractivity contribution is 5.28. The van der Waals surface area contributed by atoms with Gasteiger partial charge in [-0.3, -0.25) is 0 Å². The predicted molar refractivity (Wildman–Crippen MR) is 83.7 cm³/mol. The van der Waals surface area contributed by atoms with E-state index >= 15 is 0 Å². The van der Waals surface area contributed by atoms with E-state index in [9.17, 15) is 22.0 Å². The van der Waals surface area contributed by atoms with Gasteiger partial charge in [0, 0.05) is 13.5 Å². The minimum atomic E-state index is -4.48. The van der Waals surface area contributed by atoms with E-state index in [4.69, 9.17) is 4.74 Å². The molecule has 0 N–H and O–H groups in total. The zero-order valence-corrected chi connectivity index (χ0v) is 14.3. The smallest absolute Gasteiger partial charge is 0.414 e. The largest absolute Gasteiger partial charge is 0.432 e. The Morgan fingerprint density at radius 3 is 2.04 bits per heavy atom. The summed E-state index contributed by atoms with van der Waals surface area (Å²) in [4.78, 5) is 0. The number of alkyl halides is 5. The van der Waals surface area contributed by atoms with Crippen LogP contribution < -0.4 is 4.74 Å². The molecule has 1 aromatic carbocycles. The molecule has 0 amide bonds. The summed E-state index contributed by atoms with van der Waals surface area (Å²) in [5, 5.41) is 0. The summed E-state index contributed by atoms with van der Waals surface area (Å²) < 4.78 is 75.9. The monoisotopic (exact) mass is 366 g/mol. The van der Waals surface area contributed by atoms with Crippen LogP contribution in [0.3, 0.4) is 0 Å². The third-order valence-electron chi connectivity index (χ3n) is 4.74.